The quantitative estimate of drug-likeness (QED) is 0.585. The minimum Gasteiger partial charge on any atom is -0.411 e. The molecule has 0 atom stereocenters. The molecule has 0 radical (unpaired) electrons. The van der Waals surface area contributed by atoms with Gasteiger partial charge in [0, 0.05) is 22.9 Å². The number of thioether (sulfide) groups is 1. The third kappa shape index (κ3) is 4.98. The molecule has 1 amide bonds. The molecular weight excluding hydrogens is 381 g/mol. The number of halogens is 2. The molecule has 0 saturated heterocycles. The number of anilines is 1. The third-order valence-electron chi connectivity index (χ3n) is 3.18. The molecule has 5 nitrogen and oxygen atoms in total. The fraction of sp³-hybridized carbons (Fsp3) is 0.118. The Morgan fingerprint density at radius 1 is 1.12 bits per heavy atom. The van der Waals surface area contributed by atoms with E-state index in [4.69, 9.17) is 27.6 Å². The standard InChI is InChI=1S/C17H13Cl2N3O2S/c18-11-6-7-13(14(19)10-11)16-21-22-17(24-16)25-9-8-15(23)20-12-4-2-1-3-5-12/h1-7,10H,8-9H2,(H,20,23). The van der Waals surface area contributed by atoms with Crippen LogP contribution < -0.4 is 5.32 Å². The second-order valence-corrected chi connectivity index (χ2v) is 6.90. The minimum atomic E-state index is -0.0702. The molecule has 0 aliphatic heterocycles. The molecule has 8 heteroatoms. The Bertz CT molecular complexity index is 871. The van der Waals surface area contributed by atoms with E-state index in [2.05, 4.69) is 15.5 Å². The Morgan fingerprint density at radius 3 is 2.68 bits per heavy atom. The van der Waals surface area contributed by atoms with Crippen LogP contribution in [0.25, 0.3) is 11.5 Å². The summed E-state index contributed by atoms with van der Waals surface area (Å²) in [4.78, 5) is 11.9. The summed E-state index contributed by atoms with van der Waals surface area (Å²) < 4.78 is 5.57. The van der Waals surface area contributed by atoms with E-state index in [1.165, 1.54) is 11.8 Å². The Morgan fingerprint density at radius 2 is 1.92 bits per heavy atom. The number of rotatable bonds is 6. The number of hydrogen-bond acceptors (Lipinski definition) is 5. The van der Waals surface area contributed by atoms with Gasteiger partial charge in [-0.1, -0.05) is 53.2 Å². The summed E-state index contributed by atoms with van der Waals surface area (Å²) in [7, 11) is 0. The second kappa shape index (κ2) is 8.38. The van der Waals surface area contributed by atoms with E-state index in [0.29, 0.717) is 38.9 Å². The van der Waals surface area contributed by atoms with Crippen molar-refractivity contribution in [1.29, 1.82) is 0 Å². The first-order valence-corrected chi connectivity index (χ1v) is 9.12. The number of carbonyl (C=O) groups excluding carboxylic acids is 1. The van der Waals surface area contributed by atoms with Crippen LogP contribution in [-0.4, -0.2) is 21.9 Å². The number of nitrogens with one attached hydrogen (secondary N) is 1. The molecule has 2 aromatic carbocycles. The zero-order valence-electron chi connectivity index (χ0n) is 12.9. The van der Waals surface area contributed by atoms with Gasteiger partial charge in [-0.05, 0) is 30.3 Å². The molecule has 0 aliphatic rings. The molecule has 0 bridgehead atoms. The van der Waals surface area contributed by atoms with Gasteiger partial charge in [-0.2, -0.15) is 0 Å². The first kappa shape index (κ1) is 17.8. The van der Waals surface area contributed by atoms with E-state index in [1.807, 2.05) is 30.3 Å². The van der Waals surface area contributed by atoms with Crippen molar-refractivity contribution < 1.29 is 9.21 Å². The van der Waals surface area contributed by atoms with Crippen molar-refractivity contribution in [2.75, 3.05) is 11.1 Å². The van der Waals surface area contributed by atoms with E-state index in [9.17, 15) is 4.79 Å². The molecule has 3 rings (SSSR count). The predicted molar refractivity (Wildman–Crippen MR) is 100 cm³/mol. The maximum absolute atomic E-state index is 11.9. The van der Waals surface area contributed by atoms with Gasteiger partial charge in [0.1, 0.15) is 0 Å². The largest absolute Gasteiger partial charge is 0.411 e. The van der Waals surface area contributed by atoms with Gasteiger partial charge < -0.3 is 9.73 Å². The number of benzene rings is 2. The monoisotopic (exact) mass is 393 g/mol. The number of para-hydroxylation sites is 1. The molecule has 0 aliphatic carbocycles. The van der Waals surface area contributed by atoms with Crippen LogP contribution in [0.4, 0.5) is 5.69 Å². The van der Waals surface area contributed by atoms with Gasteiger partial charge in [-0.25, -0.2) is 0 Å². The van der Waals surface area contributed by atoms with Crippen LogP contribution in [0.1, 0.15) is 6.42 Å². The summed E-state index contributed by atoms with van der Waals surface area (Å²) >= 11 is 13.3. The van der Waals surface area contributed by atoms with Crippen LogP contribution in [-0.2, 0) is 4.79 Å². The summed E-state index contributed by atoms with van der Waals surface area (Å²) in [5.74, 6) is 0.770. The molecular formula is C17H13Cl2N3O2S. The summed E-state index contributed by atoms with van der Waals surface area (Å²) in [6, 6.07) is 14.3. The van der Waals surface area contributed by atoms with Gasteiger partial charge in [0.15, 0.2) is 0 Å². The summed E-state index contributed by atoms with van der Waals surface area (Å²) in [5, 5.41) is 12.1. The number of hydrogen-bond donors (Lipinski definition) is 1. The van der Waals surface area contributed by atoms with Crippen molar-refractivity contribution in [1.82, 2.24) is 10.2 Å². The van der Waals surface area contributed by atoms with Gasteiger partial charge in [0.25, 0.3) is 5.22 Å². The zero-order valence-corrected chi connectivity index (χ0v) is 15.2. The molecule has 1 aromatic heterocycles. The van der Waals surface area contributed by atoms with Crippen molar-refractivity contribution >= 4 is 46.6 Å². The topological polar surface area (TPSA) is 68.0 Å². The van der Waals surface area contributed by atoms with Crippen molar-refractivity contribution in [2.45, 2.75) is 11.6 Å². The number of carbonyl (C=O) groups is 1. The lowest BCUT2D eigenvalue weighted by Crippen LogP contribution is -2.11. The highest BCUT2D eigenvalue weighted by atomic mass is 35.5. The number of nitrogens with zero attached hydrogens (tertiary/aromatic N) is 2. The van der Waals surface area contributed by atoms with E-state index in [1.54, 1.807) is 18.2 Å². The SMILES string of the molecule is O=C(CCSc1nnc(-c2ccc(Cl)cc2Cl)o1)Nc1ccccc1. The Labute approximate surface area is 158 Å². The third-order valence-corrected chi connectivity index (χ3v) is 4.55. The van der Waals surface area contributed by atoms with Gasteiger partial charge >= 0.3 is 0 Å². The highest BCUT2D eigenvalue weighted by molar-refractivity contribution is 7.99. The lowest BCUT2D eigenvalue weighted by atomic mass is 10.2. The Balaban J connectivity index is 1.53. The Kier molecular flexibility index (Phi) is 5.96. The highest BCUT2D eigenvalue weighted by Crippen LogP contribution is 2.31. The van der Waals surface area contributed by atoms with Crippen LogP contribution in [0.15, 0.2) is 58.2 Å². The van der Waals surface area contributed by atoms with Crippen LogP contribution >= 0.6 is 35.0 Å². The fourth-order valence-electron chi connectivity index (χ4n) is 2.02. The average Bonchev–Trinajstić information content (AvgIpc) is 3.04. The zero-order chi connectivity index (χ0) is 17.6. The normalized spacial score (nSPS) is 10.6. The lowest BCUT2D eigenvalue weighted by molar-refractivity contribution is -0.115. The second-order valence-electron chi connectivity index (χ2n) is 5.01. The van der Waals surface area contributed by atoms with Gasteiger partial charge in [0.05, 0.1) is 10.6 Å². The first-order chi connectivity index (χ1) is 12.1. The van der Waals surface area contributed by atoms with E-state index >= 15 is 0 Å². The van der Waals surface area contributed by atoms with Gasteiger partial charge in [-0.3, -0.25) is 4.79 Å². The highest BCUT2D eigenvalue weighted by Gasteiger charge is 2.13. The summed E-state index contributed by atoms with van der Waals surface area (Å²) in [5.41, 5.74) is 1.39. The number of amides is 1. The van der Waals surface area contributed by atoms with E-state index in [0.717, 1.165) is 5.69 Å². The first-order valence-electron chi connectivity index (χ1n) is 7.38. The van der Waals surface area contributed by atoms with Crippen molar-refractivity contribution in [3.8, 4) is 11.5 Å². The van der Waals surface area contributed by atoms with E-state index < -0.39 is 0 Å². The predicted octanol–water partition coefficient (Wildman–Crippen LogP) is 5.16. The Hall–Kier alpha value is -2.02. The molecule has 0 spiro atoms. The van der Waals surface area contributed by atoms with Crippen LogP contribution in [0.5, 0.6) is 0 Å². The number of aromatic nitrogens is 2. The molecule has 0 unspecified atom stereocenters. The van der Waals surface area contributed by atoms with Gasteiger partial charge in [0.2, 0.25) is 11.8 Å². The fourth-order valence-corrected chi connectivity index (χ4v) is 3.20. The maximum Gasteiger partial charge on any atom is 0.276 e. The van der Waals surface area contributed by atoms with Gasteiger partial charge in [-0.15, -0.1) is 10.2 Å². The molecule has 0 saturated carbocycles. The van der Waals surface area contributed by atoms with Crippen LogP contribution in [0.2, 0.25) is 10.0 Å². The molecule has 1 N–H and O–H groups in total. The van der Waals surface area contributed by atoms with Crippen molar-refractivity contribution in [3.05, 3.63) is 58.6 Å². The molecule has 25 heavy (non-hydrogen) atoms. The average molecular weight is 394 g/mol. The van der Waals surface area contributed by atoms with Crippen LogP contribution in [0.3, 0.4) is 0 Å². The summed E-state index contributed by atoms with van der Waals surface area (Å²) in [6.45, 7) is 0. The van der Waals surface area contributed by atoms with E-state index in [-0.39, 0.29) is 5.91 Å². The van der Waals surface area contributed by atoms with Crippen LogP contribution in [0, 0.1) is 0 Å². The smallest absolute Gasteiger partial charge is 0.276 e. The minimum absolute atomic E-state index is 0.0702. The molecule has 1 heterocycles. The molecule has 128 valence electrons. The molecule has 3 aromatic rings. The van der Waals surface area contributed by atoms with Crippen molar-refractivity contribution in [3.63, 3.8) is 0 Å². The van der Waals surface area contributed by atoms with Crippen molar-refractivity contribution in [2.24, 2.45) is 0 Å². The maximum atomic E-state index is 11.9. The molecule has 0 fully saturated rings. The lowest BCUT2D eigenvalue weighted by Gasteiger charge is -2.03. The summed E-state index contributed by atoms with van der Waals surface area (Å²) in [6.07, 6.45) is 0.332.